The molecule has 0 bridgehead atoms. The van der Waals surface area contributed by atoms with Crippen molar-refractivity contribution in [3.63, 3.8) is 0 Å². The van der Waals surface area contributed by atoms with Crippen molar-refractivity contribution in [3.05, 3.63) is 23.7 Å². The molecular formula is C14H21NO. The first kappa shape index (κ1) is 10.4. The molecule has 0 spiro atoms. The number of hydrogen-bond acceptors (Lipinski definition) is 2. The van der Waals surface area contributed by atoms with Crippen molar-refractivity contribution in [3.8, 4) is 0 Å². The van der Waals surface area contributed by atoms with Gasteiger partial charge in [0.15, 0.2) is 0 Å². The van der Waals surface area contributed by atoms with Crippen LogP contribution >= 0.6 is 0 Å². The summed E-state index contributed by atoms with van der Waals surface area (Å²) < 4.78 is 5.69. The van der Waals surface area contributed by atoms with E-state index in [-0.39, 0.29) is 0 Å². The normalized spacial score (nSPS) is 34.7. The maximum absolute atomic E-state index is 5.69. The summed E-state index contributed by atoms with van der Waals surface area (Å²) in [5, 5.41) is 3.66. The van der Waals surface area contributed by atoms with E-state index in [1.54, 1.807) is 0 Å². The maximum atomic E-state index is 5.69. The van der Waals surface area contributed by atoms with Gasteiger partial charge in [-0.05, 0) is 49.3 Å². The lowest BCUT2D eigenvalue weighted by molar-refractivity contribution is 0.199. The maximum Gasteiger partial charge on any atom is 0.124 e. The molecule has 3 atom stereocenters. The molecule has 88 valence electrons. The Bertz CT molecular complexity index is 357. The second-order valence-electron chi connectivity index (χ2n) is 5.52. The minimum absolute atomic E-state index is 0.487. The molecule has 2 nitrogen and oxygen atoms in total. The molecule has 0 radical (unpaired) electrons. The van der Waals surface area contributed by atoms with Gasteiger partial charge in [0.05, 0.1) is 12.3 Å². The molecule has 1 aliphatic heterocycles. The molecule has 1 N–H and O–H groups in total. The van der Waals surface area contributed by atoms with Crippen molar-refractivity contribution in [1.82, 2.24) is 5.32 Å². The predicted molar refractivity (Wildman–Crippen MR) is 64.3 cm³/mol. The van der Waals surface area contributed by atoms with Crippen molar-refractivity contribution in [2.24, 2.45) is 11.8 Å². The lowest BCUT2D eigenvalue weighted by Crippen LogP contribution is -2.35. The van der Waals surface area contributed by atoms with Crippen molar-refractivity contribution < 1.29 is 4.42 Å². The van der Waals surface area contributed by atoms with Crippen LogP contribution in [-0.4, -0.2) is 6.54 Å². The number of fused-ring (bicyclic) bond motifs is 1. The Morgan fingerprint density at radius 2 is 2.31 bits per heavy atom. The van der Waals surface area contributed by atoms with E-state index in [2.05, 4.69) is 18.3 Å². The second kappa shape index (κ2) is 4.25. The highest BCUT2D eigenvalue weighted by Crippen LogP contribution is 2.39. The topological polar surface area (TPSA) is 25.2 Å². The van der Waals surface area contributed by atoms with Crippen LogP contribution in [0.1, 0.15) is 50.0 Å². The lowest BCUT2D eigenvalue weighted by atomic mass is 9.76. The van der Waals surface area contributed by atoms with E-state index in [0.29, 0.717) is 6.04 Å². The third kappa shape index (κ3) is 1.80. The zero-order valence-electron chi connectivity index (χ0n) is 10.0. The lowest BCUT2D eigenvalue weighted by Gasteiger charge is -2.35. The van der Waals surface area contributed by atoms with Crippen molar-refractivity contribution in [2.45, 2.75) is 45.1 Å². The first-order valence-corrected chi connectivity index (χ1v) is 6.64. The van der Waals surface area contributed by atoms with Gasteiger partial charge in [0.2, 0.25) is 0 Å². The molecule has 1 aromatic heterocycles. The molecular weight excluding hydrogens is 198 g/mol. The van der Waals surface area contributed by atoms with Crippen LogP contribution in [0.25, 0.3) is 0 Å². The molecule has 1 aromatic rings. The van der Waals surface area contributed by atoms with E-state index in [1.807, 2.05) is 6.26 Å². The van der Waals surface area contributed by atoms with Crippen molar-refractivity contribution in [1.29, 1.82) is 0 Å². The van der Waals surface area contributed by atoms with Gasteiger partial charge in [0, 0.05) is 0 Å². The van der Waals surface area contributed by atoms with E-state index in [4.69, 9.17) is 4.42 Å². The Labute approximate surface area is 97.4 Å². The minimum atomic E-state index is 0.487. The average molecular weight is 219 g/mol. The summed E-state index contributed by atoms with van der Waals surface area (Å²) in [5.74, 6) is 2.90. The summed E-state index contributed by atoms with van der Waals surface area (Å²) in [4.78, 5) is 0. The standard InChI is InChI=1S/C14H21NO/c1-10-3-2-4-12(9-10)13-14-11(5-7-15-13)6-8-16-14/h6,8,10,12-13,15H,2-5,7,9H2,1H3. The Hall–Kier alpha value is -0.760. The Balaban J connectivity index is 1.81. The molecule has 1 fully saturated rings. The first-order chi connectivity index (χ1) is 7.84. The highest BCUT2D eigenvalue weighted by Gasteiger charge is 2.32. The van der Waals surface area contributed by atoms with Gasteiger partial charge in [0.25, 0.3) is 0 Å². The summed E-state index contributed by atoms with van der Waals surface area (Å²) in [7, 11) is 0. The fraction of sp³-hybridized carbons (Fsp3) is 0.714. The quantitative estimate of drug-likeness (QED) is 0.784. The molecule has 0 saturated heterocycles. The highest BCUT2D eigenvalue weighted by molar-refractivity contribution is 5.24. The average Bonchev–Trinajstić information content (AvgIpc) is 2.76. The SMILES string of the molecule is CC1CCCC(C2NCCc3ccoc32)C1. The van der Waals surface area contributed by atoms with Crippen LogP contribution in [0.15, 0.2) is 16.7 Å². The van der Waals surface area contributed by atoms with E-state index >= 15 is 0 Å². The van der Waals surface area contributed by atoms with Crippen LogP contribution in [0.5, 0.6) is 0 Å². The predicted octanol–water partition coefficient (Wildman–Crippen LogP) is 3.29. The fourth-order valence-corrected chi connectivity index (χ4v) is 3.45. The summed E-state index contributed by atoms with van der Waals surface area (Å²) in [6, 6.07) is 2.64. The Kier molecular flexibility index (Phi) is 2.76. The fourth-order valence-electron chi connectivity index (χ4n) is 3.45. The Morgan fingerprint density at radius 3 is 3.19 bits per heavy atom. The first-order valence-electron chi connectivity index (χ1n) is 6.64. The molecule has 0 amide bonds. The van der Waals surface area contributed by atoms with Gasteiger partial charge >= 0.3 is 0 Å². The molecule has 2 aliphatic rings. The highest BCUT2D eigenvalue weighted by atomic mass is 16.3. The van der Waals surface area contributed by atoms with Crippen LogP contribution in [0.4, 0.5) is 0 Å². The summed E-state index contributed by atoms with van der Waals surface area (Å²) in [5.41, 5.74) is 1.43. The van der Waals surface area contributed by atoms with E-state index in [0.717, 1.165) is 24.8 Å². The van der Waals surface area contributed by atoms with Crippen LogP contribution in [0.2, 0.25) is 0 Å². The monoisotopic (exact) mass is 219 g/mol. The summed E-state index contributed by atoms with van der Waals surface area (Å²) in [6.45, 7) is 3.50. The van der Waals surface area contributed by atoms with Crippen molar-refractivity contribution in [2.75, 3.05) is 6.54 Å². The van der Waals surface area contributed by atoms with E-state index < -0.39 is 0 Å². The van der Waals surface area contributed by atoms with E-state index in [9.17, 15) is 0 Å². The Morgan fingerprint density at radius 1 is 1.38 bits per heavy atom. The number of rotatable bonds is 1. The summed E-state index contributed by atoms with van der Waals surface area (Å²) in [6.07, 6.45) is 8.51. The zero-order chi connectivity index (χ0) is 11.0. The molecule has 3 unspecified atom stereocenters. The van der Waals surface area contributed by atoms with Crippen molar-refractivity contribution >= 4 is 0 Å². The van der Waals surface area contributed by atoms with Gasteiger partial charge in [-0.1, -0.05) is 19.8 Å². The number of furan rings is 1. The molecule has 2 heterocycles. The molecule has 3 rings (SSSR count). The van der Waals surface area contributed by atoms with Crippen LogP contribution in [-0.2, 0) is 6.42 Å². The van der Waals surface area contributed by atoms with Crippen LogP contribution < -0.4 is 5.32 Å². The number of hydrogen-bond donors (Lipinski definition) is 1. The number of nitrogens with one attached hydrogen (secondary N) is 1. The molecule has 2 heteroatoms. The third-order valence-electron chi connectivity index (χ3n) is 4.27. The van der Waals surface area contributed by atoms with Crippen LogP contribution in [0, 0.1) is 11.8 Å². The zero-order valence-corrected chi connectivity index (χ0v) is 10.0. The van der Waals surface area contributed by atoms with E-state index in [1.165, 1.54) is 37.0 Å². The van der Waals surface area contributed by atoms with Gasteiger partial charge in [-0.3, -0.25) is 0 Å². The van der Waals surface area contributed by atoms with Gasteiger partial charge in [-0.25, -0.2) is 0 Å². The van der Waals surface area contributed by atoms with Gasteiger partial charge in [0.1, 0.15) is 5.76 Å². The second-order valence-corrected chi connectivity index (χ2v) is 5.52. The van der Waals surface area contributed by atoms with Gasteiger partial charge in [-0.15, -0.1) is 0 Å². The van der Waals surface area contributed by atoms with Gasteiger partial charge < -0.3 is 9.73 Å². The third-order valence-corrected chi connectivity index (χ3v) is 4.27. The molecule has 0 aromatic carbocycles. The minimum Gasteiger partial charge on any atom is -0.467 e. The van der Waals surface area contributed by atoms with Crippen LogP contribution in [0.3, 0.4) is 0 Å². The summed E-state index contributed by atoms with van der Waals surface area (Å²) >= 11 is 0. The van der Waals surface area contributed by atoms with Gasteiger partial charge in [-0.2, -0.15) is 0 Å². The smallest absolute Gasteiger partial charge is 0.124 e. The molecule has 1 aliphatic carbocycles. The molecule has 16 heavy (non-hydrogen) atoms. The largest absolute Gasteiger partial charge is 0.467 e. The molecule has 1 saturated carbocycles.